The molecule has 2 aliphatic rings. The second-order valence-corrected chi connectivity index (χ2v) is 9.85. The van der Waals surface area contributed by atoms with Gasteiger partial charge < -0.3 is 30.2 Å². The molecule has 10 nitrogen and oxygen atoms in total. The van der Waals surface area contributed by atoms with E-state index in [1.54, 1.807) is 0 Å². The van der Waals surface area contributed by atoms with Gasteiger partial charge in [0, 0.05) is 68.0 Å². The third-order valence-corrected chi connectivity index (χ3v) is 7.30. The SMILES string of the molecule is CNC1CCN(c2cc(F)c(-c3cnc(N4CCOCC4)nc3)cc2NC(=O)c2c[nH]c(=O)cc2C(F)(F)F)CC1. The van der Waals surface area contributed by atoms with Gasteiger partial charge in [-0.1, -0.05) is 0 Å². The van der Waals surface area contributed by atoms with Crippen LogP contribution in [0.15, 0.2) is 41.6 Å². The number of aromatic nitrogens is 3. The van der Waals surface area contributed by atoms with E-state index in [9.17, 15) is 22.8 Å². The third kappa shape index (κ3) is 6.33. The van der Waals surface area contributed by atoms with Gasteiger partial charge in [-0.05, 0) is 32.0 Å². The van der Waals surface area contributed by atoms with Crippen LogP contribution in [0.4, 0.5) is 34.9 Å². The van der Waals surface area contributed by atoms with Gasteiger partial charge >= 0.3 is 6.18 Å². The number of H-pyrrole nitrogens is 1. The highest BCUT2D eigenvalue weighted by molar-refractivity contribution is 6.07. The number of alkyl halides is 3. The van der Waals surface area contributed by atoms with Crippen molar-refractivity contribution in [3.8, 4) is 11.1 Å². The lowest BCUT2D eigenvalue weighted by atomic mass is 10.0. The molecule has 1 aromatic carbocycles. The van der Waals surface area contributed by atoms with Crippen LogP contribution in [0.1, 0.15) is 28.8 Å². The molecule has 14 heteroatoms. The number of halogens is 4. The summed E-state index contributed by atoms with van der Waals surface area (Å²) in [4.78, 5) is 39.4. The molecule has 0 unspecified atom stereocenters. The summed E-state index contributed by atoms with van der Waals surface area (Å²) in [5.74, 6) is -1.24. The number of amides is 1. The second-order valence-electron chi connectivity index (χ2n) is 9.85. The highest BCUT2D eigenvalue weighted by Gasteiger charge is 2.36. The summed E-state index contributed by atoms with van der Waals surface area (Å²) in [5, 5.41) is 5.74. The first-order chi connectivity index (χ1) is 19.6. The van der Waals surface area contributed by atoms with Gasteiger partial charge in [-0.25, -0.2) is 14.4 Å². The zero-order chi connectivity index (χ0) is 29.1. The standard InChI is InChI=1S/C27H29F4N7O3/c1-32-17-2-4-37(5-3-17)23-12-21(28)18(16-13-34-26(35-14-16)38-6-8-41-9-7-38)10-22(23)36-25(40)19-15-33-24(39)11-20(19)27(29,30)31/h10-15,17,32H,2-9H2,1H3,(H,33,39)(H,36,40). The van der Waals surface area contributed by atoms with Crippen molar-refractivity contribution in [3.05, 3.63) is 64.1 Å². The summed E-state index contributed by atoms with van der Waals surface area (Å²) < 4.78 is 61.9. The molecule has 3 N–H and O–H groups in total. The number of benzene rings is 1. The molecule has 2 aromatic heterocycles. The molecule has 0 radical (unpaired) electrons. The van der Waals surface area contributed by atoms with E-state index in [4.69, 9.17) is 4.74 Å². The maximum Gasteiger partial charge on any atom is 0.417 e. The molecular weight excluding hydrogens is 546 g/mol. The Morgan fingerprint density at radius 3 is 2.37 bits per heavy atom. The van der Waals surface area contributed by atoms with Crippen molar-refractivity contribution in [2.24, 2.45) is 0 Å². The summed E-state index contributed by atoms with van der Waals surface area (Å²) in [6.07, 6.45) is 0.213. The lowest BCUT2D eigenvalue weighted by molar-refractivity contribution is -0.138. The first-order valence-corrected chi connectivity index (χ1v) is 13.2. The van der Waals surface area contributed by atoms with Crippen LogP contribution in [-0.4, -0.2) is 73.3 Å². The van der Waals surface area contributed by atoms with Gasteiger partial charge in [0.2, 0.25) is 11.5 Å². The average Bonchev–Trinajstić information content (AvgIpc) is 2.98. The number of nitrogens with zero attached hydrogens (tertiary/aromatic N) is 4. The molecule has 2 aliphatic heterocycles. The van der Waals surface area contributed by atoms with Gasteiger partial charge in [-0.2, -0.15) is 13.2 Å². The van der Waals surface area contributed by atoms with Crippen LogP contribution in [0.5, 0.6) is 0 Å². The van der Waals surface area contributed by atoms with E-state index < -0.39 is 34.6 Å². The quantitative estimate of drug-likeness (QED) is 0.384. The smallest absolute Gasteiger partial charge is 0.378 e. The summed E-state index contributed by atoms with van der Waals surface area (Å²) in [6.45, 7) is 3.40. The first kappa shape index (κ1) is 28.5. The zero-order valence-corrected chi connectivity index (χ0v) is 22.2. The summed E-state index contributed by atoms with van der Waals surface area (Å²) in [5.41, 5.74) is -2.28. The minimum absolute atomic E-state index is 0.0696. The highest BCUT2D eigenvalue weighted by atomic mass is 19.4. The Kier molecular flexibility index (Phi) is 8.22. The lowest BCUT2D eigenvalue weighted by Gasteiger charge is -2.35. The Morgan fingerprint density at radius 2 is 1.73 bits per heavy atom. The van der Waals surface area contributed by atoms with Crippen LogP contribution < -0.4 is 26.0 Å². The van der Waals surface area contributed by atoms with E-state index in [-0.39, 0.29) is 17.3 Å². The Hall–Kier alpha value is -4.04. The van der Waals surface area contributed by atoms with Gasteiger partial charge in [0.25, 0.3) is 5.91 Å². The molecule has 3 aromatic rings. The van der Waals surface area contributed by atoms with E-state index in [0.717, 1.165) is 19.0 Å². The molecular formula is C27H29F4N7O3. The van der Waals surface area contributed by atoms with Crippen LogP contribution in [0.2, 0.25) is 0 Å². The summed E-state index contributed by atoms with van der Waals surface area (Å²) in [6, 6.07) is 3.24. The molecule has 0 atom stereocenters. The number of pyridine rings is 1. The first-order valence-electron chi connectivity index (χ1n) is 13.2. The Bertz CT molecular complexity index is 1450. The van der Waals surface area contributed by atoms with Crippen molar-refractivity contribution in [1.82, 2.24) is 20.3 Å². The predicted octanol–water partition coefficient (Wildman–Crippen LogP) is 3.27. The zero-order valence-electron chi connectivity index (χ0n) is 22.2. The molecule has 0 aliphatic carbocycles. The Morgan fingerprint density at radius 1 is 1.05 bits per heavy atom. The number of aromatic amines is 1. The van der Waals surface area contributed by atoms with Gasteiger partial charge in [0.15, 0.2) is 0 Å². The molecule has 2 fully saturated rings. The summed E-state index contributed by atoms with van der Waals surface area (Å²) >= 11 is 0. The van der Waals surface area contributed by atoms with Gasteiger partial charge in [0.05, 0.1) is 35.7 Å². The number of morpholine rings is 1. The fourth-order valence-electron chi connectivity index (χ4n) is 5.03. The lowest BCUT2D eigenvalue weighted by Crippen LogP contribution is -2.41. The number of nitrogens with one attached hydrogen (secondary N) is 3. The fourth-order valence-corrected chi connectivity index (χ4v) is 5.03. The maximum atomic E-state index is 15.6. The van der Waals surface area contributed by atoms with E-state index in [1.807, 2.05) is 16.8 Å². The summed E-state index contributed by atoms with van der Waals surface area (Å²) in [7, 11) is 1.86. The molecule has 0 spiro atoms. The van der Waals surface area contributed by atoms with Crippen molar-refractivity contribution in [2.75, 3.05) is 61.6 Å². The molecule has 41 heavy (non-hydrogen) atoms. The van der Waals surface area contributed by atoms with Crippen LogP contribution in [0.25, 0.3) is 11.1 Å². The number of hydrogen-bond donors (Lipinski definition) is 3. The molecule has 1 amide bonds. The van der Waals surface area contributed by atoms with E-state index >= 15 is 4.39 Å². The molecule has 0 bridgehead atoms. The van der Waals surface area contributed by atoms with Gasteiger partial charge in [-0.15, -0.1) is 0 Å². The Balaban J connectivity index is 1.51. The van der Waals surface area contributed by atoms with Crippen LogP contribution in [-0.2, 0) is 10.9 Å². The van der Waals surface area contributed by atoms with E-state index in [1.165, 1.54) is 24.5 Å². The fraction of sp³-hybridized carbons (Fsp3) is 0.407. The van der Waals surface area contributed by atoms with Crippen LogP contribution in [0.3, 0.4) is 0 Å². The number of carbonyl (C=O) groups excluding carboxylic acids is 1. The van der Waals surface area contributed by atoms with Gasteiger partial charge in [-0.3, -0.25) is 9.59 Å². The number of hydrogen-bond acceptors (Lipinski definition) is 8. The van der Waals surface area contributed by atoms with Crippen molar-refractivity contribution < 1.29 is 27.1 Å². The molecule has 5 rings (SSSR count). The topological polar surface area (TPSA) is 115 Å². The number of anilines is 3. The van der Waals surface area contributed by atoms with Crippen molar-refractivity contribution in [3.63, 3.8) is 0 Å². The van der Waals surface area contributed by atoms with E-state index in [0.29, 0.717) is 62.7 Å². The monoisotopic (exact) mass is 575 g/mol. The predicted molar refractivity (Wildman–Crippen MR) is 145 cm³/mol. The molecule has 218 valence electrons. The minimum Gasteiger partial charge on any atom is -0.378 e. The third-order valence-electron chi connectivity index (χ3n) is 7.30. The normalized spacial score (nSPS) is 16.6. The number of piperidine rings is 1. The Labute approximate surface area is 232 Å². The second kappa shape index (κ2) is 11.8. The number of ether oxygens (including phenoxy) is 1. The average molecular weight is 576 g/mol. The van der Waals surface area contributed by atoms with Crippen LogP contribution >= 0.6 is 0 Å². The highest BCUT2D eigenvalue weighted by Crippen LogP contribution is 2.37. The van der Waals surface area contributed by atoms with Gasteiger partial charge in [0.1, 0.15) is 5.82 Å². The molecule has 4 heterocycles. The van der Waals surface area contributed by atoms with Crippen LogP contribution in [0, 0.1) is 5.82 Å². The number of carbonyl (C=O) groups is 1. The molecule has 2 saturated heterocycles. The van der Waals surface area contributed by atoms with Crippen molar-refractivity contribution in [1.29, 1.82) is 0 Å². The largest absolute Gasteiger partial charge is 0.417 e. The number of rotatable bonds is 6. The van der Waals surface area contributed by atoms with Crippen molar-refractivity contribution >= 4 is 23.2 Å². The minimum atomic E-state index is -4.94. The maximum absolute atomic E-state index is 15.6. The van der Waals surface area contributed by atoms with Crippen molar-refractivity contribution in [2.45, 2.75) is 25.1 Å². The molecule has 0 saturated carbocycles. The van der Waals surface area contributed by atoms with E-state index in [2.05, 4.69) is 25.6 Å².